The van der Waals surface area contributed by atoms with Crippen LogP contribution < -0.4 is 4.74 Å². The van der Waals surface area contributed by atoms with Crippen LogP contribution in [0, 0.1) is 0 Å². The first-order chi connectivity index (χ1) is 9.68. The topological polar surface area (TPSA) is 87.1 Å². The first-order valence-corrected chi connectivity index (χ1v) is 6.58. The Balaban J connectivity index is 3.14. The van der Waals surface area contributed by atoms with Gasteiger partial charge in [0.05, 0.1) is 19.1 Å². The van der Waals surface area contributed by atoms with Gasteiger partial charge in [-0.2, -0.15) is 0 Å². The van der Waals surface area contributed by atoms with Gasteiger partial charge < -0.3 is 19.8 Å². The average Bonchev–Trinajstić information content (AvgIpc) is 2.37. The molecule has 6 heteroatoms. The summed E-state index contributed by atoms with van der Waals surface area (Å²) in [5, 5.41) is 18.9. The average molecular weight is 295 g/mol. The van der Waals surface area contributed by atoms with Crippen molar-refractivity contribution in [3.8, 4) is 11.5 Å². The van der Waals surface area contributed by atoms with Crippen molar-refractivity contribution in [1.82, 2.24) is 4.90 Å². The van der Waals surface area contributed by atoms with Crippen LogP contribution in [0.1, 0.15) is 37.6 Å². The first-order valence-electron chi connectivity index (χ1n) is 6.58. The molecule has 0 heterocycles. The molecule has 0 aliphatic rings. The van der Waals surface area contributed by atoms with Crippen molar-refractivity contribution >= 4 is 11.9 Å². The third kappa shape index (κ3) is 4.11. The molecule has 2 N–H and O–H groups in total. The molecule has 116 valence electrons. The zero-order valence-electron chi connectivity index (χ0n) is 12.7. The van der Waals surface area contributed by atoms with Crippen LogP contribution in [-0.2, 0) is 4.79 Å². The monoisotopic (exact) mass is 295 g/mol. The molecule has 0 bridgehead atoms. The van der Waals surface area contributed by atoms with Gasteiger partial charge in [-0.25, -0.2) is 0 Å². The molecule has 0 atom stereocenters. The number of para-hydroxylation sites is 1. The van der Waals surface area contributed by atoms with Crippen LogP contribution in [0.4, 0.5) is 0 Å². The highest BCUT2D eigenvalue weighted by Crippen LogP contribution is 2.31. The summed E-state index contributed by atoms with van der Waals surface area (Å²) in [6, 6.07) is 4.63. The van der Waals surface area contributed by atoms with E-state index in [9.17, 15) is 14.7 Å². The number of carboxylic acids is 1. The number of carbonyl (C=O) groups is 2. The Kier molecular flexibility index (Phi) is 5.18. The summed E-state index contributed by atoms with van der Waals surface area (Å²) in [7, 11) is 1.40. The number of carboxylic acid groups (broad SMARTS) is 1. The number of phenolic OH excluding ortho intramolecular Hbond substituents is 1. The smallest absolute Gasteiger partial charge is 0.305 e. The number of nitrogens with zero attached hydrogens (tertiary/aromatic N) is 1. The van der Waals surface area contributed by atoms with E-state index in [0.717, 1.165) is 0 Å². The van der Waals surface area contributed by atoms with Crippen molar-refractivity contribution in [3.05, 3.63) is 23.8 Å². The zero-order valence-corrected chi connectivity index (χ0v) is 12.7. The second-order valence-electron chi connectivity index (χ2n) is 5.63. The maximum Gasteiger partial charge on any atom is 0.305 e. The SMILES string of the molecule is COc1cccc(C(=O)N(CCC(=O)O)C(C)(C)C)c1O. The van der Waals surface area contributed by atoms with Gasteiger partial charge in [-0.05, 0) is 32.9 Å². The van der Waals surface area contributed by atoms with Crippen molar-refractivity contribution in [2.24, 2.45) is 0 Å². The summed E-state index contributed by atoms with van der Waals surface area (Å²) in [6.07, 6.45) is -0.159. The van der Waals surface area contributed by atoms with Gasteiger partial charge in [-0.3, -0.25) is 9.59 Å². The quantitative estimate of drug-likeness (QED) is 0.868. The number of hydrogen-bond donors (Lipinski definition) is 2. The number of methoxy groups -OCH3 is 1. The molecule has 1 aromatic carbocycles. The van der Waals surface area contributed by atoms with Gasteiger partial charge in [-0.15, -0.1) is 0 Å². The first kappa shape index (κ1) is 16.8. The number of phenols is 1. The van der Waals surface area contributed by atoms with Gasteiger partial charge in [0.25, 0.3) is 5.91 Å². The Morgan fingerprint density at radius 3 is 2.38 bits per heavy atom. The fourth-order valence-corrected chi connectivity index (χ4v) is 1.95. The molecule has 0 saturated heterocycles. The van der Waals surface area contributed by atoms with Gasteiger partial charge >= 0.3 is 5.97 Å². The van der Waals surface area contributed by atoms with Crippen molar-refractivity contribution in [2.45, 2.75) is 32.7 Å². The number of aliphatic carboxylic acids is 1. The molecule has 1 aromatic rings. The fraction of sp³-hybridized carbons (Fsp3) is 0.467. The van der Waals surface area contributed by atoms with Gasteiger partial charge in [0.2, 0.25) is 0 Å². The Bertz CT molecular complexity index is 533. The highest BCUT2D eigenvalue weighted by molar-refractivity contribution is 5.98. The fourth-order valence-electron chi connectivity index (χ4n) is 1.95. The molecular formula is C15H21NO5. The van der Waals surface area contributed by atoms with E-state index in [-0.39, 0.29) is 30.0 Å². The molecule has 0 saturated carbocycles. The van der Waals surface area contributed by atoms with Crippen molar-refractivity contribution < 1.29 is 24.5 Å². The van der Waals surface area contributed by atoms with Gasteiger partial charge in [0.1, 0.15) is 0 Å². The molecule has 0 radical (unpaired) electrons. The summed E-state index contributed by atoms with van der Waals surface area (Å²) in [6.45, 7) is 5.49. The predicted molar refractivity (Wildman–Crippen MR) is 77.7 cm³/mol. The van der Waals surface area contributed by atoms with Crippen LogP contribution in [0.5, 0.6) is 11.5 Å². The number of hydrogen-bond acceptors (Lipinski definition) is 4. The summed E-state index contributed by atoms with van der Waals surface area (Å²) in [4.78, 5) is 24.8. The molecular weight excluding hydrogens is 274 g/mol. The molecule has 0 unspecified atom stereocenters. The van der Waals surface area contributed by atoms with Crippen LogP contribution in [0.25, 0.3) is 0 Å². The van der Waals surface area contributed by atoms with Crippen LogP contribution in [0.3, 0.4) is 0 Å². The van der Waals surface area contributed by atoms with Gasteiger partial charge in [0.15, 0.2) is 11.5 Å². The highest BCUT2D eigenvalue weighted by atomic mass is 16.5. The van der Waals surface area contributed by atoms with Crippen molar-refractivity contribution in [2.75, 3.05) is 13.7 Å². The maximum absolute atomic E-state index is 12.6. The molecule has 6 nitrogen and oxygen atoms in total. The molecule has 1 amide bonds. The lowest BCUT2D eigenvalue weighted by Crippen LogP contribution is -2.46. The Morgan fingerprint density at radius 2 is 1.90 bits per heavy atom. The predicted octanol–water partition coefficient (Wildman–Crippen LogP) is 2.12. The molecule has 1 rings (SSSR count). The van der Waals surface area contributed by atoms with E-state index in [1.165, 1.54) is 18.1 Å². The normalized spacial score (nSPS) is 11.0. The van der Waals surface area contributed by atoms with E-state index in [1.54, 1.807) is 12.1 Å². The third-order valence-electron chi connectivity index (χ3n) is 3.05. The number of benzene rings is 1. The largest absolute Gasteiger partial charge is 0.504 e. The molecule has 0 spiro atoms. The number of ether oxygens (including phenoxy) is 1. The molecule has 0 aliphatic carbocycles. The minimum absolute atomic E-state index is 0.0638. The number of amides is 1. The van der Waals surface area contributed by atoms with E-state index < -0.39 is 17.4 Å². The van der Waals surface area contributed by atoms with E-state index in [2.05, 4.69) is 0 Å². The number of aromatic hydroxyl groups is 1. The Hall–Kier alpha value is -2.24. The van der Waals surface area contributed by atoms with Gasteiger partial charge in [-0.1, -0.05) is 6.07 Å². The summed E-state index contributed by atoms with van der Waals surface area (Å²) in [5.41, 5.74) is -0.475. The lowest BCUT2D eigenvalue weighted by molar-refractivity contribution is -0.137. The second-order valence-corrected chi connectivity index (χ2v) is 5.63. The number of carbonyl (C=O) groups excluding carboxylic acids is 1. The van der Waals surface area contributed by atoms with E-state index >= 15 is 0 Å². The van der Waals surface area contributed by atoms with Gasteiger partial charge in [0, 0.05) is 12.1 Å². The van der Waals surface area contributed by atoms with E-state index in [0.29, 0.717) is 0 Å². The molecule has 0 fully saturated rings. The summed E-state index contributed by atoms with van der Waals surface area (Å²) >= 11 is 0. The minimum atomic E-state index is -0.980. The van der Waals surface area contributed by atoms with Crippen LogP contribution in [0.2, 0.25) is 0 Å². The molecule has 0 aromatic heterocycles. The molecule has 0 aliphatic heterocycles. The lowest BCUT2D eigenvalue weighted by atomic mass is 10.0. The minimum Gasteiger partial charge on any atom is -0.504 e. The Labute approximate surface area is 124 Å². The standard InChI is InChI=1S/C15H21NO5/c1-15(2,3)16(9-8-12(17)18)14(20)10-6-5-7-11(21-4)13(10)19/h5-7,19H,8-9H2,1-4H3,(H,17,18). The van der Waals surface area contributed by atoms with Crippen molar-refractivity contribution in [3.63, 3.8) is 0 Å². The second kappa shape index (κ2) is 6.47. The third-order valence-corrected chi connectivity index (χ3v) is 3.05. The van der Waals surface area contributed by atoms with Crippen LogP contribution in [-0.4, -0.2) is 46.2 Å². The van der Waals surface area contributed by atoms with Crippen molar-refractivity contribution in [1.29, 1.82) is 0 Å². The summed E-state index contributed by atoms with van der Waals surface area (Å²) in [5.74, 6) is -1.45. The Morgan fingerprint density at radius 1 is 1.29 bits per heavy atom. The summed E-state index contributed by atoms with van der Waals surface area (Å²) < 4.78 is 4.98. The molecule has 21 heavy (non-hydrogen) atoms. The van der Waals surface area contributed by atoms with E-state index in [1.807, 2.05) is 20.8 Å². The lowest BCUT2D eigenvalue weighted by Gasteiger charge is -2.35. The zero-order chi connectivity index (χ0) is 16.2. The van der Waals surface area contributed by atoms with E-state index in [4.69, 9.17) is 9.84 Å². The number of rotatable bonds is 5. The van der Waals surface area contributed by atoms with Crippen LogP contribution in [0.15, 0.2) is 18.2 Å². The maximum atomic E-state index is 12.6. The van der Waals surface area contributed by atoms with Crippen LogP contribution >= 0.6 is 0 Å². The highest BCUT2D eigenvalue weighted by Gasteiger charge is 2.29.